The third kappa shape index (κ3) is 4.39. The summed E-state index contributed by atoms with van der Waals surface area (Å²) >= 11 is 6.33. The summed E-state index contributed by atoms with van der Waals surface area (Å²) in [4.78, 5) is 24.1. The fourth-order valence-corrected chi connectivity index (χ4v) is 4.64. The number of benzene rings is 2. The van der Waals surface area contributed by atoms with E-state index in [4.69, 9.17) is 20.8 Å². The molecule has 1 N–H and O–H groups in total. The highest BCUT2D eigenvalue weighted by molar-refractivity contribution is 7.94. The lowest BCUT2D eigenvalue weighted by molar-refractivity contribution is -0.123. The lowest BCUT2D eigenvalue weighted by Gasteiger charge is -2.13. The van der Waals surface area contributed by atoms with Crippen molar-refractivity contribution in [1.82, 2.24) is 5.32 Å². The molecular weight excluding hydrogens is 430 g/mol. The number of sulfone groups is 1. The molecule has 1 aromatic heterocycles. The van der Waals surface area contributed by atoms with Crippen LogP contribution in [0.15, 0.2) is 69.2 Å². The molecule has 3 aromatic rings. The van der Waals surface area contributed by atoms with Gasteiger partial charge in [-0.15, -0.1) is 0 Å². The highest BCUT2D eigenvalue weighted by Gasteiger charge is 2.23. The summed E-state index contributed by atoms with van der Waals surface area (Å²) in [6.07, 6.45) is 1.41. The van der Waals surface area contributed by atoms with Crippen molar-refractivity contribution in [2.24, 2.45) is 0 Å². The van der Waals surface area contributed by atoms with Crippen LogP contribution in [0.1, 0.15) is 0 Å². The minimum absolute atomic E-state index is 0.169. The number of carbonyl (C=O) groups excluding carboxylic acids is 1. The highest BCUT2D eigenvalue weighted by atomic mass is 35.5. The Morgan fingerprint density at radius 3 is 2.67 bits per heavy atom. The van der Waals surface area contributed by atoms with E-state index in [0.29, 0.717) is 10.9 Å². The molecule has 2 aromatic carbocycles. The van der Waals surface area contributed by atoms with Gasteiger partial charge in [-0.1, -0.05) is 41.9 Å². The van der Waals surface area contributed by atoms with E-state index in [1.165, 1.54) is 18.2 Å². The number of rotatable bonds is 5. The molecule has 0 radical (unpaired) electrons. The number of halogens is 1. The van der Waals surface area contributed by atoms with Crippen LogP contribution in [-0.4, -0.2) is 32.7 Å². The standard InChI is InChI=1S/C21H16ClNO6S/c22-17-8-16-15(13-4-2-1-3-5-13)9-21(25)29-18(16)10-19(17)28-11-20(24)23-14-6-7-30(26,27)12-14/h1-10,14H,11-12H2,(H,23,24)/t14-/m1/s1. The van der Waals surface area contributed by atoms with Crippen LogP contribution in [0.25, 0.3) is 22.1 Å². The molecular formula is C21H16ClNO6S. The zero-order chi connectivity index (χ0) is 21.3. The van der Waals surface area contributed by atoms with E-state index in [1.54, 1.807) is 6.07 Å². The van der Waals surface area contributed by atoms with Crippen LogP contribution in [0.5, 0.6) is 5.75 Å². The Morgan fingerprint density at radius 2 is 1.97 bits per heavy atom. The van der Waals surface area contributed by atoms with Gasteiger partial charge in [0.05, 0.1) is 16.8 Å². The topological polar surface area (TPSA) is 103 Å². The second kappa shape index (κ2) is 7.97. The molecule has 7 nitrogen and oxygen atoms in total. The molecule has 4 rings (SSSR count). The van der Waals surface area contributed by atoms with Crippen LogP contribution >= 0.6 is 11.6 Å². The van der Waals surface area contributed by atoms with Gasteiger partial charge >= 0.3 is 5.63 Å². The smallest absolute Gasteiger partial charge is 0.336 e. The summed E-state index contributed by atoms with van der Waals surface area (Å²) < 4.78 is 33.6. The monoisotopic (exact) mass is 445 g/mol. The van der Waals surface area contributed by atoms with E-state index in [9.17, 15) is 18.0 Å². The maximum absolute atomic E-state index is 12.1. The Bertz CT molecular complexity index is 1310. The third-order valence-corrected chi connectivity index (χ3v) is 6.21. The molecule has 1 aliphatic rings. The van der Waals surface area contributed by atoms with Crippen LogP contribution in [0.2, 0.25) is 5.02 Å². The van der Waals surface area contributed by atoms with Crippen molar-refractivity contribution in [3.05, 3.63) is 75.5 Å². The second-order valence-corrected chi connectivity index (χ2v) is 9.08. The Hall–Kier alpha value is -3.10. The molecule has 0 fully saturated rings. The van der Waals surface area contributed by atoms with E-state index < -0.39 is 27.4 Å². The summed E-state index contributed by atoms with van der Waals surface area (Å²) in [7, 11) is -3.27. The van der Waals surface area contributed by atoms with Gasteiger partial charge in [-0.25, -0.2) is 13.2 Å². The molecule has 1 aliphatic heterocycles. The minimum Gasteiger partial charge on any atom is -0.482 e. The Balaban J connectivity index is 1.56. The van der Waals surface area contributed by atoms with Crippen LogP contribution in [0, 0.1) is 0 Å². The second-order valence-electron chi connectivity index (χ2n) is 6.74. The normalized spacial score (nSPS) is 17.2. The fourth-order valence-electron chi connectivity index (χ4n) is 3.19. The number of nitrogens with one attached hydrogen (secondary N) is 1. The number of hydrogen-bond donors (Lipinski definition) is 1. The molecule has 2 heterocycles. The predicted octanol–water partition coefficient (Wildman–Crippen LogP) is 2.92. The van der Waals surface area contributed by atoms with Gasteiger partial charge in [0.2, 0.25) is 0 Å². The summed E-state index contributed by atoms with van der Waals surface area (Å²) in [6, 6.07) is 13.2. The fraction of sp³-hybridized carbons (Fsp3) is 0.143. The number of ether oxygens (including phenoxy) is 1. The Labute approximate surface area is 176 Å². The summed E-state index contributed by atoms with van der Waals surface area (Å²) in [5.41, 5.74) is 1.24. The Morgan fingerprint density at radius 1 is 1.20 bits per heavy atom. The first-order valence-electron chi connectivity index (χ1n) is 8.97. The van der Waals surface area contributed by atoms with Gasteiger partial charge in [0.1, 0.15) is 11.3 Å². The van der Waals surface area contributed by atoms with Gasteiger partial charge in [0.25, 0.3) is 5.91 Å². The van der Waals surface area contributed by atoms with Crippen molar-refractivity contribution in [3.63, 3.8) is 0 Å². The predicted molar refractivity (Wildman–Crippen MR) is 113 cm³/mol. The largest absolute Gasteiger partial charge is 0.482 e. The summed E-state index contributed by atoms with van der Waals surface area (Å²) in [6.45, 7) is -0.377. The molecule has 0 saturated heterocycles. The van der Waals surface area contributed by atoms with Crippen LogP contribution < -0.4 is 15.7 Å². The zero-order valence-electron chi connectivity index (χ0n) is 15.5. The van der Waals surface area contributed by atoms with Gasteiger partial charge < -0.3 is 14.5 Å². The van der Waals surface area contributed by atoms with Gasteiger partial charge in [-0.3, -0.25) is 4.79 Å². The number of carbonyl (C=O) groups is 1. The molecule has 0 saturated carbocycles. The lowest BCUT2D eigenvalue weighted by Crippen LogP contribution is -2.38. The highest BCUT2D eigenvalue weighted by Crippen LogP contribution is 2.34. The summed E-state index contributed by atoms with van der Waals surface area (Å²) in [5.74, 6) is -0.511. The minimum atomic E-state index is -3.27. The van der Waals surface area contributed by atoms with E-state index in [1.807, 2.05) is 30.3 Å². The average molecular weight is 446 g/mol. The van der Waals surface area contributed by atoms with Gasteiger partial charge in [-0.05, 0) is 23.3 Å². The quantitative estimate of drug-likeness (QED) is 0.606. The van der Waals surface area contributed by atoms with Crippen LogP contribution in [0.3, 0.4) is 0 Å². The van der Waals surface area contributed by atoms with Crippen molar-refractivity contribution in [3.8, 4) is 16.9 Å². The van der Waals surface area contributed by atoms with E-state index in [0.717, 1.165) is 11.0 Å². The maximum Gasteiger partial charge on any atom is 0.336 e. The molecule has 0 spiro atoms. The first kappa shape index (κ1) is 20.2. The summed E-state index contributed by atoms with van der Waals surface area (Å²) in [5, 5.41) is 4.50. The van der Waals surface area contributed by atoms with E-state index in [2.05, 4.69) is 5.32 Å². The van der Waals surface area contributed by atoms with Crippen LogP contribution in [0.4, 0.5) is 0 Å². The van der Waals surface area contributed by atoms with E-state index >= 15 is 0 Å². The molecule has 1 atom stereocenters. The molecule has 9 heteroatoms. The van der Waals surface area contributed by atoms with Gasteiger partial charge in [0, 0.05) is 22.9 Å². The number of hydrogen-bond acceptors (Lipinski definition) is 6. The molecule has 0 bridgehead atoms. The number of fused-ring (bicyclic) bond motifs is 1. The SMILES string of the molecule is O=C(COc1cc2oc(=O)cc(-c3ccccc3)c2cc1Cl)N[C@@H]1C=CS(=O)(=O)C1. The number of amides is 1. The van der Waals surface area contributed by atoms with Crippen molar-refractivity contribution in [1.29, 1.82) is 0 Å². The first-order chi connectivity index (χ1) is 14.3. The first-order valence-corrected chi connectivity index (χ1v) is 11.1. The third-order valence-electron chi connectivity index (χ3n) is 4.52. The lowest BCUT2D eigenvalue weighted by atomic mass is 10.0. The molecule has 154 valence electrons. The molecule has 0 aliphatic carbocycles. The zero-order valence-corrected chi connectivity index (χ0v) is 17.1. The molecule has 0 unspecified atom stereocenters. The van der Waals surface area contributed by atoms with Gasteiger partial charge in [-0.2, -0.15) is 0 Å². The maximum atomic E-state index is 12.1. The molecule has 1 amide bonds. The van der Waals surface area contributed by atoms with E-state index in [-0.39, 0.29) is 28.7 Å². The molecule has 30 heavy (non-hydrogen) atoms. The van der Waals surface area contributed by atoms with Crippen molar-refractivity contribution >= 4 is 38.3 Å². The van der Waals surface area contributed by atoms with Crippen molar-refractivity contribution in [2.45, 2.75) is 6.04 Å². The van der Waals surface area contributed by atoms with Crippen LogP contribution in [-0.2, 0) is 14.6 Å². The van der Waals surface area contributed by atoms with Crippen molar-refractivity contribution < 1.29 is 22.4 Å². The Kier molecular flexibility index (Phi) is 5.36. The average Bonchev–Trinajstić information content (AvgIpc) is 3.05. The van der Waals surface area contributed by atoms with Gasteiger partial charge in [0.15, 0.2) is 16.4 Å². The van der Waals surface area contributed by atoms with Crippen molar-refractivity contribution in [2.75, 3.05) is 12.4 Å².